The second kappa shape index (κ2) is 3.76. The van der Waals surface area contributed by atoms with E-state index in [0.29, 0.717) is 0 Å². The van der Waals surface area contributed by atoms with E-state index >= 15 is 0 Å². The van der Waals surface area contributed by atoms with E-state index in [0.717, 1.165) is 36.2 Å². The molecule has 3 nitrogen and oxygen atoms in total. The zero-order valence-electron chi connectivity index (χ0n) is 9.07. The number of aromatic nitrogens is 1. The van der Waals surface area contributed by atoms with Crippen molar-refractivity contribution < 1.29 is 9.32 Å². The summed E-state index contributed by atoms with van der Waals surface area (Å²) < 4.78 is 5.39. The van der Waals surface area contributed by atoms with Gasteiger partial charge in [0.05, 0.1) is 25.0 Å². The fourth-order valence-electron chi connectivity index (χ4n) is 2.15. The molecule has 2 aromatic heterocycles. The summed E-state index contributed by atoms with van der Waals surface area (Å²) in [6.07, 6.45) is 6.81. The number of nitrogens with zero attached hydrogens (tertiary/aromatic N) is 1. The Hall–Kier alpha value is -1.61. The first-order valence-corrected chi connectivity index (χ1v) is 5.53. The lowest BCUT2D eigenvalue weighted by molar-refractivity contribution is -0.848. The summed E-state index contributed by atoms with van der Waals surface area (Å²) in [6, 6.07) is 3.89. The maximum atomic E-state index is 5.39. The Morgan fingerprint density at radius 1 is 1.38 bits per heavy atom. The Morgan fingerprint density at radius 2 is 2.31 bits per heavy atom. The quantitative estimate of drug-likeness (QED) is 0.725. The Bertz CT molecular complexity index is 542. The van der Waals surface area contributed by atoms with E-state index in [1.54, 1.807) is 6.26 Å². The van der Waals surface area contributed by atoms with Crippen LogP contribution in [0.3, 0.4) is 0 Å². The van der Waals surface area contributed by atoms with Crippen molar-refractivity contribution >= 4 is 16.5 Å². The number of fused-ring (bicyclic) bond motifs is 1. The Morgan fingerprint density at radius 3 is 3.12 bits per heavy atom. The van der Waals surface area contributed by atoms with E-state index in [4.69, 9.17) is 4.42 Å². The van der Waals surface area contributed by atoms with E-state index in [2.05, 4.69) is 18.1 Å². The van der Waals surface area contributed by atoms with Crippen molar-refractivity contribution in [1.29, 1.82) is 0 Å². The average Bonchev–Trinajstić information content (AvgIpc) is 2.78. The second-order valence-electron chi connectivity index (χ2n) is 4.18. The largest absolute Gasteiger partial charge is 0.464 e. The third kappa shape index (κ3) is 1.53. The Labute approximate surface area is 94.4 Å². The second-order valence-corrected chi connectivity index (χ2v) is 4.18. The van der Waals surface area contributed by atoms with Crippen LogP contribution in [0.5, 0.6) is 0 Å². The standard InChI is InChI=1S/C13H14N2O/c1-15-7-3-10(4-8-15)13-11-5-9-16-12(11)2-6-14-13/h2-3,5-6,9,15H,1,4,7-8H2. The smallest absolute Gasteiger partial charge is 0.137 e. The van der Waals surface area contributed by atoms with E-state index in [9.17, 15) is 0 Å². The first-order chi connectivity index (χ1) is 7.84. The van der Waals surface area contributed by atoms with Gasteiger partial charge in [-0.15, -0.1) is 0 Å². The monoisotopic (exact) mass is 214 g/mol. The molecule has 1 aliphatic heterocycles. The Kier molecular flexibility index (Phi) is 2.26. The van der Waals surface area contributed by atoms with Gasteiger partial charge >= 0.3 is 0 Å². The van der Waals surface area contributed by atoms with Gasteiger partial charge in [0.25, 0.3) is 0 Å². The summed E-state index contributed by atoms with van der Waals surface area (Å²) in [6.45, 7) is 2.05. The molecular formula is C13H14N2O. The predicted molar refractivity (Wildman–Crippen MR) is 62.7 cm³/mol. The maximum Gasteiger partial charge on any atom is 0.137 e. The summed E-state index contributed by atoms with van der Waals surface area (Å²) in [5.41, 5.74) is 3.30. The van der Waals surface area contributed by atoms with Crippen molar-refractivity contribution in [2.45, 2.75) is 6.42 Å². The van der Waals surface area contributed by atoms with Crippen LogP contribution < -0.4 is 4.90 Å². The van der Waals surface area contributed by atoms with Gasteiger partial charge in [0.1, 0.15) is 5.58 Å². The van der Waals surface area contributed by atoms with Crippen LogP contribution in [0.2, 0.25) is 0 Å². The molecule has 1 atom stereocenters. The SMILES string of the molecule is [CH2-][NH+]1CC=C(c2nccc3occc23)CC1. The van der Waals surface area contributed by atoms with E-state index in [-0.39, 0.29) is 0 Å². The molecule has 0 aliphatic carbocycles. The van der Waals surface area contributed by atoms with Crippen molar-refractivity contribution in [1.82, 2.24) is 4.98 Å². The predicted octanol–water partition coefficient (Wildman–Crippen LogP) is 1.29. The number of pyridine rings is 1. The molecule has 3 heterocycles. The number of quaternary nitrogens is 1. The highest BCUT2D eigenvalue weighted by molar-refractivity contribution is 5.88. The summed E-state index contributed by atoms with van der Waals surface area (Å²) >= 11 is 0. The van der Waals surface area contributed by atoms with Crippen molar-refractivity contribution in [3.8, 4) is 0 Å². The maximum absolute atomic E-state index is 5.39. The minimum atomic E-state index is 0.912. The van der Waals surface area contributed by atoms with Gasteiger partial charge in [-0.3, -0.25) is 4.98 Å². The van der Waals surface area contributed by atoms with Crippen molar-refractivity contribution in [3.05, 3.63) is 43.4 Å². The molecule has 1 aliphatic rings. The summed E-state index contributed by atoms with van der Waals surface area (Å²) in [7, 11) is 4.01. The minimum absolute atomic E-state index is 0.912. The van der Waals surface area contributed by atoms with Gasteiger partial charge in [-0.1, -0.05) is 0 Å². The van der Waals surface area contributed by atoms with Crippen LogP contribution in [0, 0.1) is 7.05 Å². The molecule has 1 N–H and O–H groups in total. The molecule has 1 unspecified atom stereocenters. The van der Waals surface area contributed by atoms with Gasteiger partial charge in [0.15, 0.2) is 0 Å². The first kappa shape index (κ1) is 9.60. The zero-order valence-corrected chi connectivity index (χ0v) is 9.07. The number of furan rings is 1. The summed E-state index contributed by atoms with van der Waals surface area (Å²) in [5.74, 6) is 0. The van der Waals surface area contributed by atoms with Crippen molar-refractivity contribution in [2.75, 3.05) is 13.1 Å². The third-order valence-corrected chi connectivity index (χ3v) is 3.07. The van der Waals surface area contributed by atoms with Gasteiger partial charge in [-0.2, -0.15) is 7.05 Å². The number of hydrogen-bond donors (Lipinski definition) is 1. The topological polar surface area (TPSA) is 30.5 Å². The van der Waals surface area contributed by atoms with Gasteiger partial charge < -0.3 is 9.32 Å². The number of rotatable bonds is 1. The molecule has 0 amide bonds. The molecule has 0 saturated heterocycles. The molecule has 0 fully saturated rings. The van der Waals surface area contributed by atoms with E-state index in [1.807, 2.05) is 18.3 Å². The summed E-state index contributed by atoms with van der Waals surface area (Å²) in [5, 5.41) is 1.11. The van der Waals surface area contributed by atoms with E-state index < -0.39 is 0 Å². The molecule has 3 rings (SSSR count). The molecule has 16 heavy (non-hydrogen) atoms. The van der Waals surface area contributed by atoms with Crippen molar-refractivity contribution in [2.24, 2.45) is 0 Å². The first-order valence-electron chi connectivity index (χ1n) is 5.53. The highest BCUT2D eigenvalue weighted by atomic mass is 16.3. The highest BCUT2D eigenvalue weighted by Crippen LogP contribution is 2.25. The molecule has 0 bridgehead atoms. The normalized spacial score (nSPS) is 21.1. The molecule has 0 radical (unpaired) electrons. The molecule has 82 valence electrons. The molecule has 0 saturated carbocycles. The van der Waals surface area contributed by atoms with Crippen LogP contribution in [-0.4, -0.2) is 18.1 Å². The molecule has 2 aromatic rings. The molecule has 0 aromatic carbocycles. The highest BCUT2D eigenvalue weighted by Gasteiger charge is 2.14. The fourth-order valence-corrected chi connectivity index (χ4v) is 2.15. The Balaban J connectivity index is 2.09. The van der Waals surface area contributed by atoms with Crippen LogP contribution in [0.15, 0.2) is 35.1 Å². The molecular weight excluding hydrogens is 200 g/mol. The fraction of sp³-hybridized carbons (Fsp3) is 0.231. The van der Waals surface area contributed by atoms with Crippen LogP contribution in [0.1, 0.15) is 12.1 Å². The van der Waals surface area contributed by atoms with Crippen molar-refractivity contribution in [3.63, 3.8) is 0 Å². The number of nitrogens with one attached hydrogen (secondary N) is 1. The average molecular weight is 214 g/mol. The van der Waals surface area contributed by atoms with Gasteiger partial charge in [0, 0.05) is 18.0 Å². The lowest BCUT2D eigenvalue weighted by atomic mass is 10.0. The van der Waals surface area contributed by atoms with E-state index in [1.165, 1.54) is 10.5 Å². The molecule has 0 spiro atoms. The molecule has 3 heteroatoms. The van der Waals surface area contributed by atoms with Crippen LogP contribution in [0.4, 0.5) is 0 Å². The van der Waals surface area contributed by atoms with Crippen LogP contribution in [-0.2, 0) is 0 Å². The minimum Gasteiger partial charge on any atom is -0.464 e. The lowest BCUT2D eigenvalue weighted by Gasteiger charge is -2.24. The summed E-state index contributed by atoms with van der Waals surface area (Å²) in [4.78, 5) is 5.78. The number of hydrogen-bond acceptors (Lipinski definition) is 2. The van der Waals surface area contributed by atoms with Crippen LogP contribution >= 0.6 is 0 Å². The zero-order chi connectivity index (χ0) is 11.0. The van der Waals surface area contributed by atoms with Gasteiger partial charge in [-0.05, 0) is 23.8 Å². The lowest BCUT2D eigenvalue weighted by Crippen LogP contribution is -3.07. The van der Waals surface area contributed by atoms with Gasteiger partial charge in [-0.25, -0.2) is 0 Å². The third-order valence-electron chi connectivity index (χ3n) is 3.07. The van der Waals surface area contributed by atoms with Gasteiger partial charge in [0.2, 0.25) is 0 Å². The van der Waals surface area contributed by atoms with Crippen LogP contribution in [0.25, 0.3) is 16.5 Å².